The predicted molar refractivity (Wildman–Crippen MR) is 73.5 cm³/mol. The van der Waals surface area contributed by atoms with Gasteiger partial charge in [0.25, 0.3) is 0 Å². The summed E-state index contributed by atoms with van der Waals surface area (Å²) in [7, 11) is -3.96. The van der Waals surface area contributed by atoms with Crippen molar-refractivity contribution in [2.45, 2.75) is 11.4 Å². The highest BCUT2D eigenvalue weighted by Crippen LogP contribution is 2.23. The fourth-order valence-electron chi connectivity index (χ4n) is 1.59. The Labute approximate surface area is 120 Å². The van der Waals surface area contributed by atoms with E-state index in [1.54, 1.807) is 18.2 Å². The van der Waals surface area contributed by atoms with Gasteiger partial charge in [0, 0.05) is 12.1 Å². The first kappa shape index (κ1) is 14.8. The molecule has 0 aliphatic carbocycles. The molecule has 0 spiro atoms. The second kappa shape index (κ2) is 5.78. The molecule has 0 unspecified atom stereocenters. The zero-order valence-corrected chi connectivity index (χ0v) is 11.7. The molecule has 7 heteroatoms. The summed E-state index contributed by atoms with van der Waals surface area (Å²) in [6.07, 6.45) is 0. The number of benzene rings is 2. The van der Waals surface area contributed by atoms with Crippen LogP contribution in [0.4, 0.5) is 4.39 Å². The largest absolute Gasteiger partial charge is 0.508 e. The lowest BCUT2D eigenvalue weighted by Crippen LogP contribution is -2.23. The van der Waals surface area contributed by atoms with E-state index in [1.165, 1.54) is 12.1 Å². The van der Waals surface area contributed by atoms with E-state index in [4.69, 9.17) is 11.6 Å². The van der Waals surface area contributed by atoms with Crippen molar-refractivity contribution in [3.05, 3.63) is 58.9 Å². The molecule has 2 aromatic rings. The number of sulfonamides is 1. The van der Waals surface area contributed by atoms with Gasteiger partial charge in [-0.25, -0.2) is 17.5 Å². The van der Waals surface area contributed by atoms with Gasteiger partial charge in [0.2, 0.25) is 10.0 Å². The minimum absolute atomic E-state index is 0.0273. The first-order valence-electron chi connectivity index (χ1n) is 5.62. The fourth-order valence-corrected chi connectivity index (χ4v) is 3.11. The van der Waals surface area contributed by atoms with Crippen LogP contribution in [0, 0.1) is 5.82 Å². The minimum atomic E-state index is -3.96. The molecule has 0 aliphatic rings. The molecule has 2 aromatic carbocycles. The van der Waals surface area contributed by atoms with Crippen LogP contribution in [0.1, 0.15) is 5.56 Å². The molecule has 0 atom stereocenters. The highest BCUT2D eigenvalue weighted by Gasteiger charge is 2.18. The van der Waals surface area contributed by atoms with E-state index < -0.39 is 15.8 Å². The van der Waals surface area contributed by atoms with E-state index in [-0.39, 0.29) is 22.2 Å². The van der Waals surface area contributed by atoms with E-state index in [2.05, 4.69) is 4.72 Å². The van der Waals surface area contributed by atoms with Crippen LogP contribution in [0.5, 0.6) is 5.75 Å². The first-order valence-corrected chi connectivity index (χ1v) is 7.48. The van der Waals surface area contributed by atoms with Crippen LogP contribution in [0.25, 0.3) is 0 Å². The van der Waals surface area contributed by atoms with Crippen LogP contribution in [-0.4, -0.2) is 13.5 Å². The molecule has 0 fully saturated rings. The van der Waals surface area contributed by atoms with Crippen LogP contribution in [0.15, 0.2) is 47.4 Å². The van der Waals surface area contributed by atoms with Crippen LogP contribution in [0.2, 0.25) is 5.02 Å². The third kappa shape index (κ3) is 3.27. The molecule has 0 amide bonds. The minimum Gasteiger partial charge on any atom is -0.508 e. The molecular weight excluding hydrogens is 305 g/mol. The summed E-state index contributed by atoms with van der Waals surface area (Å²) >= 11 is 5.76. The standard InChI is InChI=1S/C13H11ClFNO3S/c14-11-6-5-10(15)7-13(11)20(18,19)16-8-9-3-1-2-4-12(9)17/h1-7,16-17H,8H2. The molecule has 0 heterocycles. The van der Waals surface area contributed by atoms with Crippen molar-refractivity contribution in [3.63, 3.8) is 0 Å². The summed E-state index contributed by atoms with van der Waals surface area (Å²) in [5, 5.41) is 9.48. The summed E-state index contributed by atoms with van der Waals surface area (Å²) in [6.45, 7) is -0.123. The second-order valence-electron chi connectivity index (χ2n) is 4.03. The topological polar surface area (TPSA) is 66.4 Å². The van der Waals surface area contributed by atoms with Crippen molar-refractivity contribution in [1.29, 1.82) is 0 Å². The lowest BCUT2D eigenvalue weighted by Gasteiger charge is -2.09. The van der Waals surface area contributed by atoms with Gasteiger partial charge in [0.15, 0.2) is 0 Å². The molecule has 0 saturated carbocycles. The van der Waals surface area contributed by atoms with Gasteiger partial charge in [-0.05, 0) is 24.3 Å². The molecule has 0 aliphatic heterocycles. The number of nitrogens with one attached hydrogen (secondary N) is 1. The van der Waals surface area contributed by atoms with Gasteiger partial charge in [-0.3, -0.25) is 0 Å². The SMILES string of the molecule is O=S(=O)(NCc1ccccc1O)c1cc(F)ccc1Cl. The van der Waals surface area contributed by atoms with Crippen molar-refractivity contribution >= 4 is 21.6 Å². The Balaban J connectivity index is 2.24. The molecule has 0 bridgehead atoms. The molecule has 4 nitrogen and oxygen atoms in total. The van der Waals surface area contributed by atoms with Crippen molar-refractivity contribution in [2.24, 2.45) is 0 Å². The maximum Gasteiger partial charge on any atom is 0.242 e. The van der Waals surface area contributed by atoms with Crippen LogP contribution in [-0.2, 0) is 16.6 Å². The number of phenolic OH excluding ortho intramolecular Hbond substituents is 1. The van der Waals surface area contributed by atoms with E-state index in [0.29, 0.717) is 5.56 Å². The summed E-state index contributed by atoms with van der Waals surface area (Å²) in [4.78, 5) is -0.338. The zero-order valence-electron chi connectivity index (χ0n) is 10.2. The van der Waals surface area contributed by atoms with Gasteiger partial charge in [-0.2, -0.15) is 0 Å². The monoisotopic (exact) mass is 315 g/mol. The second-order valence-corrected chi connectivity index (χ2v) is 6.17. The van der Waals surface area contributed by atoms with E-state index in [9.17, 15) is 17.9 Å². The van der Waals surface area contributed by atoms with E-state index in [1.807, 2.05) is 0 Å². The number of hydrogen-bond donors (Lipinski definition) is 2. The summed E-state index contributed by atoms with van der Waals surface area (Å²) in [5.74, 6) is -0.724. The lowest BCUT2D eigenvalue weighted by molar-refractivity contribution is 0.467. The molecule has 0 saturated heterocycles. The Morgan fingerprint density at radius 2 is 1.90 bits per heavy atom. The highest BCUT2D eigenvalue weighted by atomic mass is 35.5. The number of halogens is 2. The number of rotatable bonds is 4. The van der Waals surface area contributed by atoms with Gasteiger partial charge < -0.3 is 5.11 Å². The average molecular weight is 316 g/mol. The number of aromatic hydroxyl groups is 1. The van der Waals surface area contributed by atoms with Gasteiger partial charge in [-0.1, -0.05) is 29.8 Å². The Kier molecular flexibility index (Phi) is 4.27. The lowest BCUT2D eigenvalue weighted by atomic mass is 10.2. The van der Waals surface area contributed by atoms with Gasteiger partial charge in [0.05, 0.1) is 5.02 Å². The van der Waals surface area contributed by atoms with Crippen LogP contribution in [0.3, 0.4) is 0 Å². The molecule has 106 valence electrons. The van der Waals surface area contributed by atoms with Crippen molar-refractivity contribution in [2.75, 3.05) is 0 Å². The fraction of sp³-hybridized carbons (Fsp3) is 0.0769. The molecule has 0 aromatic heterocycles. The van der Waals surface area contributed by atoms with Crippen LogP contribution < -0.4 is 4.72 Å². The van der Waals surface area contributed by atoms with Gasteiger partial charge in [0.1, 0.15) is 16.5 Å². The van der Waals surface area contributed by atoms with E-state index >= 15 is 0 Å². The summed E-state index contributed by atoms with van der Waals surface area (Å²) in [6, 6.07) is 9.39. The highest BCUT2D eigenvalue weighted by molar-refractivity contribution is 7.89. The van der Waals surface area contributed by atoms with Crippen molar-refractivity contribution < 1.29 is 17.9 Å². The summed E-state index contributed by atoms with van der Waals surface area (Å²) < 4.78 is 39.5. The number of hydrogen-bond acceptors (Lipinski definition) is 3. The third-order valence-electron chi connectivity index (χ3n) is 2.63. The smallest absolute Gasteiger partial charge is 0.242 e. The Morgan fingerprint density at radius 3 is 2.60 bits per heavy atom. The Hall–Kier alpha value is -1.63. The van der Waals surface area contributed by atoms with Gasteiger partial charge in [-0.15, -0.1) is 0 Å². The third-order valence-corrected chi connectivity index (χ3v) is 4.51. The Bertz CT molecular complexity index is 734. The maximum atomic E-state index is 13.1. The zero-order chi connectivity index (χ0) is 14.8. The average Bonchev–Trinajstić information content (AvgIpc) is 2.40. The molecule has 20 heavy (non-hydrogen) atoms. The number of para-hydroxylation sites is 1. The number of phenols is 1. The quantitative estimate of drug-likeness (QED) is 0.911. The normalized spacial score (nSPS) is 11.5. The molecular formula is C13H11ClFNO3S. The first-order chi connectivity index (χ1) is 9.40. The summed E-state index contributed by atoms with van der Waals surface area (Å²) in [5.41, 5.74) is 0.406. The van der Waals surface area contributed by atoms with Gasteiger partial charge >= 0.3 is 0 Å². The van der Waals surface area contributed by atoms with Crippen molar-refractivity contribution in [3.8, 4) is 5.75 Å². The molecule has 0 radical (unpaired) electrons. The molecule has 2 N–H and O–H groups in total. The maximum absolute atomic E-state index is 13.1. The van der Waals surface area contributed by atoms with E-state index in [0.717, 1.165) is 12.1 Å². The predicted octanol–water partition coefficient (Wildman–Crippen LogP) is 2.66. The van der Waals surface area contributed by atoms with Crippen LogP contribution >= 0.6 is 11.6 Å². The van der Waals surface area contributed by atoms with Crippen molar-refractivity contribution in [1.82, 2.24) is 4.72 Å². The molecule has 2 rings (SSSR count). The Morgan fingerprint density at radius 1 is 1.20 bits per heavy atom.